The summed E-state index contributed by atoms with van der Waals surface area (Å²) < 4.78 is 1.03. The van der Waals surface area contributed by atoms with E-state index in [2.05, 4.69) is 15.9 Å². The van der Waals surface area contributed by atoms with Crippen LogP contribution in [0, 0.1) is 0 Å². The van der Waals surface area contributed by atoms with Crippen molar-refractivity contribution in [1.29, 1.82) is 0 Å². The average Bonchev–Trinajstić information content (AvgIpc) is 2.17. The standard InChI is InChI=1S/C11H14BrNO2/c1-13(8-4-7-11(14)15)10-6-3-2-5-9(10)12/h2-3,5-6H,4,7-8H2,1H3,(H,14,15). The molecule has 0 saturated heterocycles. The first-order valence-electron chi connectivity index (χ1n) is 4.78. The number of carboxylic acid groups (broad SMARTS) is 1. The lowest BCUT2D eigenvalue weighted by molar-refractivity contribution is -0.137. The quantitative estimate of drug-likeness (QED) is 0.896. The van der Waals surface area contributed by atoms with Crippen molar-refractivity contribution in [1.82, 2.24) is 0 Å². The van der Waals surface area contributed by atoms with Gasteiger partial charge in [-0.05, 0) is 34.5 Å². The first-order valence-corrected chi connectivity index (χ1v) is 5.58. The molecule has 4 heteroatoms. The summed E-state index contributed by atoms with van der Waals surface area (Å²) in [5.74, 6) is -0.740. The van der Waals surface area contributed by atoms with Crippen LogP contribution in [0.3, 0.4) is 0 Å². The molecule has 0 fully saturated rings. The van der Waals surface area contributed by atoms with Gasteiger partial charge in [-0.15, -0.1) is 0 Å². The maximum Gasteiger partial charge on any atom is 0.303 e. The smallest absolute Gasteiger partial charge is 0.303 e. The van der Waals surface area contributed by atoms with Gasteiger partial charge in [-0.25, -0.2) is 0 Å². The highest BCUT2D eigenvalue weighted by Crippen LogP contribution is 2.24. The molecule has 0 radical (unpaired) electrons. The summed E-state index contributed by atoms with van der Waals surface area (Å²) in [5.41, 5.74) is 1.09. The summed E-state index contributed by atoms with van der Waals surface area (Å²) in [6.07, 6.45) is 0.877. The second-order valence-electron chi connectivity index (χ2n) is 3.37. The number of hydrogen-bond donors (Lipinski definition) is 1. The Balaban J connectivity index is 2.50. The van der Waals surface area contributed by atoms with Crippen LogP contribution in [0.25, 0.3) is 0 Å². The van der Waals surface area contributed by atoms with Gasteiger partial charge in [-0.1, -0.05) is 12.1 Å². The fourth-order valence-corrected chi connectivity index (χ4v) is 1.94. The Morgan fingerprint density at radius 2 is 2.13 bits per heavy atom. The van der Waals surface area contributed by atoms with E-state index in [1.807, 2.05) is 36.2 Å². The topological polar surface area (TPSA) is 40.5 Å². The van der Waals surface area contributed by atoms with Gasteiger partial charge in [-0.2, -0.15) is 0 Å². The van der Waals surface area contributed by atoms with Gasteiger partial charge in [0.25, 0.3) is 0 Å². The third-order valence-corrected chi connectivity index (χ3v) is 2.82. The molecule has 0 bridgehead atoms. The number of rotatable bonds is 5. The fraction of sp³-hybridized carbons (Fsp3) is 0.364. The molecule has 15 heavy (non-hydrogen) atoms. The summed E-state index contributed by atoms with van der Waals surface area (Å²) in [7, 11) is 1.96. The summed E-state index contributed by atoms with van der Waals surface area (Å²) in [4.78, 5) is 12.4. The minimum Gasteiger partial charge on any atom is -0.481 e. The number of benzene rings is 1. The van der Waals surface area contributed by atoms with E-state index in [1.54, 1.807) is 0 Å². The van der Waals surface area contributed by atoms with Crippen molar-refractivity contribution in [2.45, 2.75) is 12.8 Å². The lowest BCUT2D eigenvalue weighted by atomic mass is 10.2. The van der Waals surface area contributed by atoms with Crippen LogP contribution in [0.5, 0.6) is 0 Å². The molecule has 0 unspecified atom stereocenters. The molecule has 0 aliphatic heterocycles. The van der Waals surface area contributed by atoms with E-state index >= 15 is 0 Å². The Morgan fingerprint density at radius 3 is 2.73 bits per heavy atom. The minimum absolute atomic E-state index is 0.217. The monoisotopic (exact) mass is 271 g/mol. The van der Waals surface area contributed by atoms with Crippen molar-refractivity contribution >= 4 is 27.6 Å². The van der Waals surface area contributed by atoms with Crippen molar-refractivity contribution in [3.63, 3.8) is 0 Å². The molecule has 0 atom stereocenters. The molecule has 0 aliphatic rings. The fourth-order valence-electron chi connectivity index (χ4n) is 1.35. The molecule has 82 valence electrons. The number of halogens is 1. The Hall–Kier alpha value is -1.03. The highest BCUT2D eigenvalue weighted by molar-refractivity contribution is 9.10. The summed E-state index contributed by atoms with van der Waals surface area (Å²) >= 11 is 3.46. The van der Waals surface area contributed by atoms with Gasteiger partial charge in [0.05, 0.1) is 5.69 Å². The number of hydrogen-bond acceptors (Lipinski definition) is 2. The van der Waals surface area contributed by atoms with Gasteiger partial charge in [-0.3, -0.25) is 4.79 Å². The Morgan fingerprint density at radius 1 is 1.47 bits per heavy atom. The molecule has 1 rings (SSSR count). The summed E-state index contributed by atoms with van der Waals surface area (Å²) in [5, 5.41) is 8.52. The third-order valence-electron chi connectivity index (χ3n) is 2.15. The van der Waals surface area contributed by atoms with Crippen LogP contribution >= 0.6 is 15.9 Å². The van der Waals surface area contributed by atoms with Gasteiger partial charge in [0, 0.05) is 24.5 Å². The molecule has 0 amide bonds. The summed E-state index contributed by atoms with van der Waals surface area (Å²) in [6, 6.07) is 7.90. The molecule has 0 spiro atoms. The van der Waals surface area contributed by atoms with Crippen LogP contribution in [0.4, 0.5) is 5.69 Å². The van der Waals surface area contributed by atoms with Gasteiger partial charge in [0.15, 0.2) is 0 Å². The Kier molecular flexibility index (Phi) is 4.62. The van der Waals surface area contributed by atoms with E-state index in [9.17, 15) is 4.79 Å². The van der Waals surface area contributed by atoms with E-state index in [-0.39, 0.29) is 6.42 Å². The Labute approximate surface area is 97.8 Å². The second kappa shape index (κ2) is 5.75. The maximum atomic E-state index is 10.4. The molecule has 3 nitrogen and oxygen atoms in total. The number of aliphatic carboxylic acids is 1. The lowest BCUT2D eigenvalue weighted by Gasteiger charge is -2.20. The van der Waals surface area contributed by atoms with Crippen LogP contribution in [0.2, 0.25) is 0 Å². The van der Waals surface area contributed by atoms with Crippen molar-refractivity contribution in [3.8, 4) is 0 Å². The first-order chi connectivity index (χ1) is 7.11. The average molecular weight is 272 g/mol. The lowest BCUT2D eigenvalue weighted by Crippen LogP contribution is -2.19. The molecule has 0 saturated carbocycles. The Bertz CT molecular complexity index is 341. The van der Waals surface area contributed by atoms with Crippen LogP contribution in [0.1, 0.15) is 12.8 Å². The number of anilines is 1. The zero-order valence-corrected chi connectivity index (χ0v) is 10.2. The molecule has 0 aliphatic carbocycles. The number of carboxylic acids is 1. The maximum absolute atomic E-state index is 10.4. The van der Waals surface area contributed by atoms with E-state index in [0.29, 0.717) is 6.42 Å². The number of carbonyl (C=O) groups is 1. The van der Waals surface area contributed by atoms with Crippen molar-refractivity contribution in [3.05, 3.63) is 28.7 Å². The van der Waals surface area contributed by atoms with Crippen LogP contribution in [-0.2, 0) is 4.79 Å². The van der Waals surface area contributed by atoms with Crippen LogP contribution < -0.4 is 4.90 Å². The number of nitrogens with zero attached hydrogens (tertiary/aromatic N) is 1. The van der Waals surface area contributed by atoms with E-state index in [4.69, 9.17) is 5.11 Å². The predicted octanol–water partition coefficient (Wildman–Crippen LogP) is 2.75. The van der Waals surface area contributed by atoms with Gasteiger partial charge in [0.2, 0.25) is 0 Å². The predicted molar refractivity (Wildman–Crippen MR) is 64.3 cm³/mol. The van der Waals surface area contributed by atoms with Gasteiger partial charge < -0.3 is 10.0 Å². The molecular formula is C11H14BrNO2. The van der Waals surface area contributed by atoms with Crippen molar-refractivity contribution in [2.75, 3.05) is 18.5 Å². The van der Waals surface area contributed by atoms with Crippen molar-refractivity contribution < 1.29 is 9.90 Å². The van der Waals surface area contributed by atoms with E-state index in [1.165, 1.54) is 0 Å². The van der Waals surface area contributed by atoms with Crippen LogP contribution in [-0.4, -0.2) is 24.7 Å². The van der Waals surface area contributed by atoms with Gasteiger partial charge >= 0.3 is 5.97 Å². The van der Waals surface area contributed by atoms with Crippen molar-refractivity contribution in [2.24, 2.45) is 0 Å². The first kappa shape index (κ1) is 12.0. The normalized spacial score (nSPS) is 10.0. The largest absolute Gasteiger partial charge is 0.481 e. The molecule has 0 aromatic heterocycles. The van der Waals surface area contributed by atoms with E-state index < -0.39 is 5.97 Å². The zero-order chi connectivity index (χ0) is 11.3. The third kappa shape index (κ3) is 3.91. The SMILES string of the molecule is CN(CCCC(=O)O)c1ccccc1Br. The molecule has 1 aromatic rings. The second-order valence-corrected chi connectivity index (χ2v) is 4.22. The summed E-state index contributed by atoms with van der Waals surface area (Å²) in [6.45, 7) is 0.745. The molecule has 1 aromatic carbocycles. The highest BCUT2D eigenvalue weighted by atomic mass is 79.9. The van der Waals surface area contributed by atoms with Crippen LogP contribution in [0.15, 0.2) is 28.7 Å². The zero-order valence-electron chi connectivity index (χ0n) is 8.61. The minimum atomic E-state index is -0.740. The molecule has 1 N–H and O–H groups in total. The highest BCUT2D eigenvalue weighted by Gasteiger charge is 2.05. The molecular weight excluding hydrogens is 258 g/mol. The van der Waals surface area contributed by atoms with E-state index in [0.717, 1.165) is 16.7 Å². The number of para-hydroxylation sites is 1. The van der Waals surface area contributed by atoms with Gasteiger partial charge in [0.1, 0.15) is 0 Å². The molecule has 0 heterocycles.